The van der Waals surface area contributed by atoms with Crippen LogP contribution in [0.2, 0.25) is 0 Å². The zero-order valence-corrected chi connectivity index (χ0v) is 11.5. The summed E-state index contributed by atoms with van der Waals surface area (Å²) in [5, 5.41) is 24.2. The van der Waals surface area contributed by atoms with Crippen LogP contribution in [0.25, 0.3) is 0 Å². The van der Waals surface area contributed by atoms with Gasteiger partial charge in [-0.05, 0) is 25.0 Å². The van der Waals surface area contributed by atoms with E-state index in [-0.39, 0.29) is 18.0 Å². The third-order valence-corrected chi connectivity index (χ3v) is 3.33. The molecule has 1 aromatic rings. The maximum atomic E-state index is 11.1. The summed E-state index contributed by atoms with van der Waals surface area (Å²) < 4.78 is 4.99. The van der Waals surface area contributed by atoms with Gasteiger partial charge in [0.2, 0.25) is 0 Å². The van der Waals surface area contributed by atoms with Gasteiger partial charge in [-0.25, -0.2) is 0 Å². The number of nitrogens with zero attached hydrogens (tertiary/aromatic N) is 1. The predicted molar refractivity (Wildman–Crippen MR) is 73.7 cm³/mol. The van der Waals surface area contributed by atoms with E-state index >= 15 is 0 Å². The maximum absolute atomic E-state index is 11.1. The Balaban J connectivity index is 2.98. The minimum absolute atomic E-state index is 0.112. The fourth-order valence-electron chi connectivity index (χ4n) is 1.78. The molecule has 106 valence electrons. The number of nitro groups is 1. The summed E-state index contributed by atoms with van der Waals surface area (Å²) in [6.45, 7) is 4.02. The molecular formula is C13H20N2O4. The molecule has 1 aromatic carbocycles. The average molecular weight is 268 g/mol. The number of benzene rings is 1. The fraction of sp³-hybridized carbons (Fsp3) is 0.538. The van der Waals surface area contributed by atoms with Crippen molar-refractivity contribution in [1.29, 1.82) is 0 Å². The summed E-state index contributed by atoms with van der Waals surface area (Å²) in [6, 6.07) is 4.81. The van der Waals surface area contributed by atoms with Gasteiger partial charge in [-0.2, -0.15) is 0 Å². The highest BCUT2D eigenvalue weighted by atomic mass is 16.6. The number of hydrogen-bond donors (Lipinski definition) is 2. The van der Waals surface area contributed by atoms with Crippen molar-refractivity contribution < 1.29 is 14.8 Å². The molecule has 0 fully saturated rings. The number of nitro benzene ring substituents is 1. The molecule has 0 heterocycles. The first-order chi connectivity index (χ1) is 8.97. The normalized spacial score (nSPS) is 11.2. The molecule has 0 saturated carbocycles. The predicted octanol–water partition coefficient (Wildman–Crippen LogP) is 2.57. The number of methoxy groups -OCH3 is 1. The minimum atomic E-state index is -0.864. The van der Waals surface area contributed by atoms with E-state index in [4.69, 9.17) is 4.74 Å². The number of aliphatic hydroxyl groups is 1. The first-order valence-electron chi connectivity index (χ1n) is 6.25. The van der Waals surface area contributed by atoms with Gasteiger partial charge in [-0.15, -0.1) is 0 Å². The van der Waals surface area contributed by atoms with Crippen LogP contribution < -0.4 is 10.1 Å². The molecule has 0 saturated heterocycles. The van der Waals surface area contributed by atoms with E-state index in [1.807, 2.05) is 13.8 Å². The van der Waals surface area contributed by atoms with Gasteiger partial charge in [0.25, 0.3) is 0 Å². The van der Waals surface area contributed by atoms with Crippen molar-refractivity contribution in [2.24, 2.45) is 0 Å². The molecule has 0 atom stereocenters. The molecule has 6 heteroatoms. The highest BCUT2D eigenvalue weighted by molar-refractivity contribution is 5.68. The second kappa shape index (κ2) is 6.38. The second-order valence-corrected chi connectivity index (χ2v) is 4.40. The zero-order valence-electron chi connectivity index (χ0n) is 11.5. The number of nitrogens with one attached hydrogen (secondary N) is 1. The average Bonchev–Trinajstić information content (AvgIpc) is 2.43. The standard InChI is InChI=1S/C13H20N2O4/c1-4-13(16,5-2)9-14-10-7-6-8-11(19-3)12(10)15(17)18/h6-8,14,16H,4-5,9H2,1-3H3. The maximum Gasteiger partial charge on any atom is 0.333 e. The van der Waals surface area contributed by atoms with Gasteiger partial charge < -0.3 is 15.2 Å². The summed E-state index contributed by atoms with van der Waals surface area (Å²) in [5.74, 6) is 0.200. The number of rotatable bonds is 7. The first-order valence-corrected chi connectivity index (χ1v) is 6.25. The molecule has 0 aliphatic heterocycles. The molecule has 1 rings (SSSR count). The van der Waals surface area contributed by atoms with Crippen molar-refractivity contribution in [1.82, 2.24) is 0 Å². The van der Waals surface area contributed by atoms with E-state index in [0.29, 0.717) is 18.5 Å². The van der Waals surface area contributed by atoms with Gasteiger partial charge in [0, 0.05) is 6.54 Å². The molecule has 0 spiro atoms. The molecule has 6 nitrogen and oxygen atoms in total. The monoisotopic (exact) mass is 268 g/mol. The molecule has 0 aliphatic rings. The lowest BCUT2D eigenvalue weighted by molar-refractivity contribution is -0.384. The van der Waals surface area contributed by atoms with Gasteiger partial charge in [0.05, 0.1) is 17.6 Å². The van der Waals surface area contributed by atoms with Crippen LogP contribution in [0.4, 0.5) is 11.4 Å². The van der Waals surface area contributed by atoms with Crippen molar-refractivity contribution >= 4 is 11.4 Å². The second-order valence-electron chi connectivity index (χ2n) is 4.40. The molecule has 19 heavy (non-hydrogen) atoms. The first kappa shape index (κ1) is 15.2. The summed E-state index contributed by atoms with van der Waals surface area (Å²) >= 11 is 0. The minimum Gasteiger partial charge on any atom is -0.490 e. The lowest BCUT2D eigenvalue weighted by Crippen LogP contribution is -2.35. The summed E-state index contributed by atoms with van der Waals surface area (Å²) in [4.78, 5) is 10.6. The summed E-state index contributed by atoms with van der Waals surface area (Å²) in [5.41, 5.74) is -0.624. The number of para-hydroxylation sites is 1. The number of hydrogen-bond acceptors (Lipinski definition) is 5. The van der Waals surface area contributed by atoms with Crippen molar-refractivity contribution in [3.05, 3.63) is 28.3 Å². The molecule has 0 unspecified atom stereocenters. The molecule has 2 N–H and O–H groups in total. The van der Waals surface area contributed by atoms with Crippen LogP contribution in [-0.4, -0.2) is 29.3 Å². The smallest absolute Gasteiger partial charge is 0.333 e. The molecule has 0 bridgehead atoms. The van der Waals surface area contributed by atoms with Gasteiger partial charge >= 0.3 is 5.69 Å². The molecule has 0 aliphatic carbocycles. The van der Waals surface area contributed by atoms with Gasteiger partial charge in [0.15, 0.2) is 5.75 Å². The van der Waals surface area contributed by atoms with E-state index in [1.165, 1.54) is 13.2 Å². The lowest BCUT2D eigenvalue weighted by atomic mass is 9.97. The highest BCUT2D eigenvalue weighted by Crippen LogP contribution is 2.34. The Bertz CT molecular complexity index is 444. The van der Waals surface area contributed by atoms with Crippen molar-refractivity contribution in [2.45, 2.75) is 32.3 Å². The zero-order chi connectivity index (χ0) is 14.5. The van der Waals surface area contributed by atoms with E-state index < -0.39 is 10.5 Å². The van der Waals surface area contributed by atoms with E-state index in [1.54, 1.807) is 12.1 Å². The van der Waals surface area contributed by atoms with E-state index in [0.717, 1.165) is 0 Å². The number of anilines is 1. The van der Waals surface area contributed by atoms with Crippen molar-refractivity contribution in [3.8, 4) is 5.75 Å². The molecule has 0 radical (unpaired) electrons. The molecule has 0 aromatic heterocycles. The Hall–Kier alpha value is -1.82. The van der Waals surface area contributed by atoms with E-state index in [9.17, 15) is 15.2 Å². The van der Waals surface area contributed by atoms with Crippen LogP contribution in [0.5, 0.6) is 5.75 Å². The quantitative estimate of drug-likeness (QED) is 0.586. The van der Waals surface area contributed by atoms with Crippen LogP contribution in [0, 0.1) is 10.1 Å². The third-order valence-electron chi connectivity index (χ3n) is 3.33. The van der Waals surface area contributed by atoms with Crippen LogP contribution in [0.3, 0.4) is 0 Å². The van der Waals surface area contributed by atoms with Gasteiger partial charge in [-0.1, -0.05) is 19.9 Å². The van der Waals surface area contributed by atoms with Crippen LogP contribution in [0.15, 0.2) is 18.2 Å². The highest BCUT2D eigenvalue weighted by Gasteiger charge is 2.25. The summed E-state index contributed by atoms with van der Waals surface area (Å²) in [6.07, 6.45) is 1.16. The molecular weight excluding hydrogens is 248 g/mol. The third kappa shape index (κ3) is 3.57. The largest absolute Gasteiger partial charge is 0.490 e. The Morgan fingerprint density at radius 1 is 1.42 bits per heavy atom. The van der Waals surface area contributed by atoms with Crippen molar-refractivity contribution in [3.63, 3.8) is 0 Å². The lowest BCUT2D eigenvalue weighted by Gasteiger charge is -2.25. The topological polar surface area (TPSA) is 84.6 Å². The number of ether oxygens (including phenoxy) is 1. The van der Waals surface area contributed by atoms with Crippen LogP contribution >= 0.6 is 0 Å². The van der Waals surface area contributed by atoms with Crippen LogP contribution in [-0.2, 0) is 0 Å². The Morgan fingerprint density at radius 2 is 2.05 bits per heavy atom. The molecule has 0 amide bonds. The van der Waals surface area contributed by atoms with Gasteiger partial charge in [-0.3, -0.25) is 10.1 Å². The van der Waals surface area contributed by atoms with Crippen LogP contribution in [0.1, 0.15) is 26.7 Å². The Labute approximate surface area is 112 Å². The SMILES string of the molecule is CCC(O)(CC)CNc1cccc(OC)c1[N+](=O)[O-]. The Kier molecular flexibility index (Phi) is 5.11. The van der Waals surface area contributed by atoms with E-state index in [2.05, 4.69) is 5.32 Å². The van der Waals surface area contributed by atoms with Gasteiger partial charge in [0.1, 0.15) is 5.69 Å². The fourth-order valence-corrected chi connectivity index (χ4v) is 1.78. The Morgan fingerprint density at radius 3 is 2.53 bits per heavy atom. The summed E-state index contributed by atoms with van der Waals surface area (Å²) in [7, 11) is 1.39. The van der Waals surface area contributed by atoms with Crippen molar-refractivity contribution in [2.75, 3.05) is 19.0 Å².